The van der Waals surface area contributed by atoms with E-state index in [0.29, 0.717) is 25.0 Å². The Kier molecular flexibility index (Phi) is 3.50. The van der Waals surface area contributed by atoms with Crippen LogP contribution in [0, 0.1) is 0 Å². The maximum Gasteiger partial charge on any atom is 0.339 e. The number of carbonyl (C=O) groups is 2. The van der Waals surface area contributed by atoms with E-state index >= 15 is 0 Å². The predicted octanol–water partition coefficient (Wildman–Crippen LogP) is 1.81. The topological polar surface area (TPSA) is 72.8 Å². The number of hydrogen-bond donors (Lipinski definition) is 1. The fourth-order valence-electron chi connectivity index (χ4n) is 2.16. The Labute approximate surface area is 104 Å². The van der Waals surface area contributed by atoms with Gasteiger partial charge in [-0.1, -0.05) is 12.1 Å². The number of carbonyl (C=O) groups excluding carboxylic acids is 1. The molecule has 1 N–H and O–H groups in total. The number of hydrogen-bond acceptors (Lipinski definition) is 4. The van der Waals surface area contributed by atoms with Gasteiger partial charge in [0.2, 0.25) is 0 Å². The summed E-state index contributed by atoms with van der Waals surface area (Å²) in [5.41, 5.74) is 0.683. The van der Waals surface area contributed by atoms with Crippen molar-refractivity contribution >= 4 is 11.9 Å². The van der Waals surface area contributed by atoms with Gasteiger partial charge < -0.3 is 14.6 Å². The lowest BCUT2D eigenvalue weighted by Crippen LogP contribution is -2.14. The number of ether oxygens (including phenoxy) is 2. The first kappa shape index (κ1) is 12.4. The van der Waals surface area contributed by atoms with Crippen LogP contribution in [-0.4, -0.2) is 30.8 Å². The zero-order valence-electron chi connectivity index (χ0n) is 10.0. The van der Waals surface area contributed by atoms with Crippen LogP contribution >= 0.6 is 0 Å². The quantitative estimate of drug-likeness (QED) is 0.810. The summed E-state index contributed by atoms with van der Waals surface area (Å²) >= 11 is 0. The number of para-hydroxylation sites is 1. The van der Waals surface area contributed by atoms with E-state index in [1.54, 1.807) is 12.1 Å². The van der Waals surface area contributed by atoms with Gasteiger partial charge >= 0.3 is 11.9 Å². The van der Waals surface area contributed by atoms with Crippen LogP contribution in [0.3, 0.4) is 0 Å². The molecule has 1 aromatic rings. The Morgan fingerprint density at radius 3 is 2.89 bits per heavy atom. The van der Waals surface area contributed by atoms with Gasteiger partial charge in [-0.3, -0.25) is 4.79 Å². The van der Waals surface area contributed by atoms with E-state index in [-0.39, 0.29) is 17.3 Å². The Bertz CT molecular complexity index is 480. The van der Waals surface area contributed by atoms with Crippen molar-refractivity contribution in [3.63, 3.8) is 0 Å². The third kappa shape index (κ3) is 2.16. The standard InChI is InChI=1S/C13H14O5/c1-17-13(16)9-6-3-7-18-11-8(9)4-2-5-10(11)12(14)15/h2,4-5,9H,3,6-7H2,1H3,(H,14,15). The first-order chi connectivity index (χ1) is 8.65. The third-order valence-corrected chi connectivity index (χ3v) is 3.02. The molecule has 0 bridgehead atoms. The number of aromatic carboxylic acids is 1. The van der Waals surface area contributed by atoms with Gasteiger partial charge in [-0.15, -0.1) is 0 Å². The van der Waals surface area contributed by atoms with Crippen LogP contribution in [0.1, 0.15) is 34.7 Å². The van der Waals surface area contributed by atoms with Gasteiger partial charge in [-0.05, 0) is 18.9 Å². The summed E-state index contributed by atoms with van der Waals surface area (Å²) < 4.78 is 10.2. The SMILES string of the molecule is COC(=O)C1CCCOc2c(C(=O)O)cccc21. The van der Waals surface area contributed by atoms with Crippen LogP contribution in [0.25, 0.3) is 0 Å². The molecule has 5 heteroatoms. The number of benzene rings is 1. The first-order valence-electron chi connectivity index (χ1n) is 5.72. The fourth-order valence-corrected chi connectivity index (χ4v) is 2.16. The molecule has 1 aromatic carbocycles. The summed E-state index contributed by atoms with van der Waals surface area (Å²) in [6.07, 6.45) is 1.29. The largest absolute Gasteiger partial charge is 0.492 e. The average Bonchev–Trinajstić information content (AvgIpc) is 2.59. The molecule has 0 amide bonds. The van der Waals surface area contributed by atoms with Gasteiger partial charge in [0.15, 0.2) is 0 Å². The third-order valence-electron chi connectivity index (χ3n) is 3.02. The Balaban J connectivity index is 2.52. The second-order valence-corrected chi connectivity index (χ2v) is 4.10. The van der Waals surface area contributed by atoms with Crippen molar-refractivity contribution in [2.45, 2.75) is 18.8 Å². The van der Waals surface area contributed by atoms with Crippen molar-refractivity contribution in [1.29, 1.82) is 0 Å². The molecule has 0 aliphatic carbocycles. The smallest absolute Gasteiger partial charge is 0.339 e. The fraction of sp³-hybridized carbons (Fsp3) is 0.385. The molecule has 0 fully saturated rings. The molecule has 1 aliphatic heterocycles. The zero-order chi connectivity index (χ0) is 13.1. The maximum absolute atomic E-state index is 11.7. The molecule has 0 spiro atoms. The molecule has 0 saturated carbocycles. The van der Waals surface area contributed by atoms with E-state index in [9.17, 15) is 9.59 Å². The summed E-state index contributed by atoms with van der Waals surface area (Å²) in [6.45, 7) is 0.408. The maximum atomic E-state index is 11.7. The number of methoxy groups -OCH3 is 1. The highest BCUT2D eigenvalue weighted by Crippen LogP contribution is 2.36. The van der Waals surface area contributed by atoms with Crippen molar-refractivity contribution in [1.82, 2.24) is 0 Å². The van der Waals surface area contributed by atoms with Crippen molar-refractivity contribution in [2.24, 2.45) is 0 Å². The van der Waals surface area contributed by atoms with Crippen molar-refractivity contribution in [2.75, 3.05) is 13.7 Å². The molecule has 5 nitrogen and oxygen atoms in total. The molecule has 2 rings (SSSR count). The van der Waals surface area contributed by atoms with Crippen molar-refractivity contribution in [3.05, 3.63) is 29.3 Å². The summed E-state index contributed by atoms with van der Waals surface area (Å²) in [6, 6.07) is 4.81. The van der Waals surface area contributed by atoms with Gasteiger partial charge in [-0.2, -0.15) is 0 Å². The summed E-state index contributed by atoms with van der Waals surface area (Å²) in [5.74, 6) is -1.58. The number of carboxylic acid groups (broad SMARTS) is 1. The normalized spacial score (nSPS) is 18.2. The van der Waals surface area contributed by atoms with Crippen LogP contribution in [-0.2, 0) is 9.53 Å². The molecule has 1 atom stereocenters. The highest BCUT2D eigenvalue weighted by atomic mass is 16.5. The average molecular weight is 250 g/mol. The molecule has 0 aromatic heterocycles. The molecule has 18 heavy (non-hydrogen) atoms. The minimum Gasteiger partial charge on any atom is -0.492 e. The predicted molar refractivity (Wildman–Crippen MR) is 62.9 cm³/mol. The van der Waals surface area contributed by atoms with E-state index in [1.807, 2.05) is 0 Å². The summed E-state index contributed by atoms with van der Waals surface area (Å²) in [4.78, 5) is 22.9. The second kappa shape index (κ2) is 5.08. The highest BCUT2D eigenvalue weighted by molar-refractivity contribution is 5.92. The molecule has 1 aliphatic rings. The molecule has 1 heterocycles. The van der Waals surface area contributed by atoms with Gasteiger partial charge in [0.1, 0.15) is 11.3 Å². The first-order valence-corrected chi connectivity index (χ1v) is 5.72. The van der Waals surface area contributed by atoms with Crippen LogP contribution in [0.5, 0.6) is 5.75 Å². The summed E-state index contributed by atoms with van der Waals surface area (Å²) in [5, 5.41) is 9.12. The lowest BCUT2D eigenvalue weighted by atomic mass is 9.93. The van der Waals surface area contributed by atoms with Gasteiger partial charge in [-0.25, -0.2) is 4.79 Å². The molecular weight excluding hydrogens is 236 g/mol. The highest BCUT2D eigenvalue weighted by Gasteiger charge is 2.29. The molecule has 1 unspecified atom stereocenters. The Morgan fingerprint density at radius 2 is 2.22 bits per heavy atom. The van der Waals surface area contributed by atoms with Crippen molar-refractivity contribution in [3.8, 4) is 5.75 Å². The number of rotatable bonds is 2. The number of esters is 1. The van der Waals surface area contributed by atoms with E-state index in [1.165, 1.54) is 13.2 Å². The molecule has 0 radical (unpaired) electrons. The van der Waals surface area contributed by atoms with Crippen LogP contribution in [0.15, 0.2) is 18.2 Å². The lowest BCUT2D eigenvalue weighted by molar-refractivity contribution is -0.142. The van der Waals surface area contributed by atoms with E-state index in [0.717, 1.165) is 0 Å². The zero-order valence-corrected chi connectivity index (χ0v) is 10.0. The second-order valence-electron chi connectivity index (χ2n) is 4.10. The molecule has 96 valence electrons. The molecular formula is C13H14O5. The van der Waals surface area contributed by atoms with Gasteiger partial charge in [0, 0.05) is 5.56 Å². The van der Waals surface area contributed by atoms with E-state index in [2.05, 4.69) is 0 Å². The number of carboxylic acids is 1. The Morgan fingerprint density at radius 1 is 1.44 bits per heavy atom. The van der Waals surface area contributed by atoms with Crippen LogP contribution in [0.4, 0.5) is 0 Å². The van der Waals surface area contributed by atoms with E-state index in [4.69, 9.17) is 14.6 Å². The van der Waals surface area contributed by atoms with E-state index < -0.39 is 11.9 Å². The molecule has 0 saturated heterocycles. The minimum atomic E-state index is -1.06. The summed E-state index contributed by atoms with van der Waals surface area (Å²) in [7, 11) is 1.33. The number of fused-ring (bicyclic) bond motifs is 1. The minimum absolute atomic E-state index is 0.0864. The monoisotopic (exact) mass is 250 g/mol. The van der Waals surface area contributed by atoms with Crippen LogP contribution in [0.2, 0.25) is 0 Å². The van der Waals surface area contributed by atoms with Gasteiger partial charge in [0.05, 0.1) is 19.6 Å². The van der Waals surface area contributed by atoms with Gasteiger partial charge in [0.25, 0.3) is 0 Å². The van der Waals surface area contributed by atoms with Crippen molar-refractivity contribution < 1.29 is 24.2 Å². The van der Waals surface area contributed by atoms with Crippen LogP contribution < -0.4 is 4.74 Å². The Hall–Kier alpha value is -2.04. The lowest BCUT2D eigenvalue weighted by Gasteiger charge is -2.15.